The number of hydrogen-bond acceptors (Lipinski definition) is 3. The van der Waals surface area contributed by atoms with Crippen molar-refractivity contribution in [3.63, 3.8) is 0 Å². The molecule has 4 heteroatoms. The molecule has 0 aliphatic heterocycles. The Morgan fingerprint density at radius 3 is 2.80 bits per heavy atom. The lowest BCUT2D eigenvalue weighted by molar-refractivity contribution is 0.415. The van der Waals surface area contributed by atoms with Crippen molar-refractivity contribution in [2.75, 3.05) is 13.7 Å². The SMILES string of the molecule is CCCn1c(CNCC(C)C)nc2cc(OC)ccc21. The molecule has 1 aromatic carbocycles. The number of aryl methyl sites for hydroxylation is 1. The van der Waals surface area contributed by atoms with Gasteiger partial charge in [0.25, 0.3) is 0 Å². The Kier molecular flexibility index (Phi) is 5.01. The van der Waals surface area contributed by atoms with Gasteiger partial charge < -0.3 is 14.6 Å². The van der Waals surface area contributed by atoms with Crippen molar-refractivity contribution < 1.29 is 4.74 Å². The minimum Gasteiger partial charge on any atom is -0.497 e. The summed E-state index contributed by atoms with van der Waals surface area (Å²) in [4.78, 5) is 4.76. The lowest BCUT2D eigenvalue weighted by Gasteiger charge is -2.10. The van der Waals surface area contributed by atoms with Crippen molar-refractivity contribution in [2.45, 2.75) is 40.3 Å². The molecule has 110 valence electrons. The Hall–Kier alpha value is -1.55. The van der Waals surface area contributed by atoms with E-state index in [0.29, 0.717) is 5.92 Å². The zero-order valence-corrected chi connectivity index (χ0v) is 12.9. The average Bonchev–Trinajstić information content (AvgIpc) is 2.76. The molecule has 0 spiro atoms. The summed E-state index contributed by atoms with van der Waals surface area (Å²) in [7, 11) is 1.69. The van der Waals surface area contributed by atoms with Gasteiger partial charge in [-0.3, -0.25) is 0 Å². The van der Waals surface area contributed by atoms with E-state index in [1.807, 2.05) is 12.1 Å². The number of nitrogens with zero attached hydrogens (tertiary/aromatic N) is 2. The van der Waals surface area contributed by atoms with Gasteiger partial charge in [0.1, 0.15) is 11.6 Å². The molecule has 20 heavy (non-hydrogen) atoms. The second-order valence-electron chi connectivity index (χ2n) is 5.56. The van der Waals surface area contributed by atoms with Crippen molar-refractivity contribution in [3.8, 4) is 5.75 Å². The maximum absolute atomic E-state index is 5.28. The summed E-state index contributed by atoms with van der Waals surface area (Å²) in [5.74, 6) is 2.62. The Bertz CT molecular complexity index is 560. The second kappa shape index (κ2) is 6.75. The van der Waals surface area contributed by atoms with E-state index < -0.39 is 0 Å². The molecule has 1 N–H and O–H groups in total. The van der Waals surface area contributed by atoms with E-state index in [9.17, 15) is 0 Å². The zero-order chi connectivity index (χ0) is 14.5. The molecule has 0 saturated heterocycles. The van der Waals surface area contributed by atoms with Crippen LogP contribution in [-0.2, 0) is 13.1 Å². The van der Waals surface area contributed by atoms with Crippen molar-refractivity contribution in [1.29, 1.82) is 0 Å². The molecule has 0 atom stereocenters. The van der Waals surface area contributed by atoms with Crippen LogP contribution >= 0.6 is 0 Å². The largest absolute Gasteiger partial charge is 0.497 e. The van der Waals surface area contributed by atoms with Gasteiger partial charge in [0.15, 0.2) is 0 Å². The third kappa shape index (κ3) is 3.31. The van der Waals surface area contributed by atoms with Crippen LogP contribution < -0.4 is 10.1 Å². The Morgan fingerprint density at radius 1 is 1.35 bits per heavy atom. The van der Waals surface area contributed by atoms with Crippen LogP contribution in [-0.4, -0.2) is 23.2 Å². The molecule has 1 heterocycles. The van der Waals surface area contributed by atoms with Gasteiger partial charge in [-0.2, -0.15) is 0 Å². The number of ether oxygens (including phenoxy) is 1. The molecule has 4 nitrogen and oxygen atoms in total. The molecule has 0 aliphatic rings. The van der Waals surface area contributed by atoms with E-state index >= 15 is 0 Å². The van der Waals surface area contributed by atoms with Crippen molar-refractivity contribution in [3.05, 3.63) is 24.0 Å². The Morgan fingerprint density at radius 2 is 2.15 bits per heavy atom. The summed E-state index contributed by atoms with van der Waals surface area (Å²) < 4.78 is 7.59. The third-order valence-electron chi connectivity index (χ3n) is 3.32. The minimum absolute atomic E-state index is 0.652. The van der Waals surface area contributed by atoms with Crippen LogP contribution in [0.1, 0.15) is 33.0 Å². The first-order chi connectivity index (χ1) is 9.65. The van der Waals surface area contributed by atoms with Gasteiger partial charge in [-0.25, -0.2) is 4.98 Å². The average molecular weight is 275 g/mol. The fourth-order valence-electron chi connectivity index (χ4n) is 2.37. The molecule has 0 radical (unpaired) electrons. The summed E-state index contributed by atoms with van der Waals surface area (Å²) in [6.07, 6.45) is 1.11. The van der Waals surface area contributed by atoms with E-state index in [-0.39, 0.29) is 0 Å². The monoisotopic (exact) mass is 275 g/mol. The lowest BCUT2D eigenvalue weighted by atomic mass is 10.2. The molecule has 0 bridgehead atoms. The predicted octanol–water partition coefficient (Wildman–Crippen LogP) is 3.20. The van der Waals surface area contributed by atoms with Gasteiger partial charge in [-0.1, -0.05) is 20.8 Å². The van der Waals surface area contributed by atoms with E-state index in [4.69, 9.17) is 9.72 Å². The summed E-state index contributed by atoms with van der Waals surface area (Å²) in [5.41, 5.74) is 2.20. The van der Waals surface area contributed by atoms with E-state index in [1.165, 1.54) is 5.52 Å². The highest BCUT2D eigenvalue weighted by atomic mass is 16.5. The predicted molar refractivity (Wildman–Crippen MR) is 83.1 cm³/mol. The first-order valence-corrected chi connectivity index (χ1v) is 7.39. The molecular formula is C16H25N3O. The number of methoxy groups -OCH3 is 1. The van der Waals surface area contributed by atoms with E-state index in [2.05, 4.69) is 36.7 Å². The van der Waals surface area contributed by atoms with Crippen LogP contribution in [0.3, 0.4) is 0 Å². The summed E-state index contributed by atoms with van der Waals surface area (Å²) in [5, 5.41) is 3.47. The standard InChI is InChI=1S/C16H25N3O/c1-5-8-19-15-7-6-13(20-4)9-14(15)18-16(19)11-17-10-12(2)3/h6-7,9,12,17H,5,8,10-11H2,1-4H3. The molecule has 0 fully saturated rings. The number of nitrogens with one attached hydrogen (secondary N) is 1. The molecular weight excluding hydrogens is 250 g/mol. The second-order valence-corrected chi connectivity index (χ2v) is 5.56. The van der Waals surface area contributed by atoms with Crippen LogP contribution in [0.15, 0.2) is 18.2 Å². The molecule has 0 aliphatic carbocycles. The first kappa shape index (κ1) is 14.9. The molecule has 2 aromatic rings. The van der Waals surface area contributed by atoms with Crippen LogP contribution in [0.4, 0.5) is 0 Å². The maximum Gasteiger partial charge on any atom is 0.123 e. The number of aromatic nitrogens is 2. The van der Waals surface area contributed by atoms with Crippen LogP contribution in [0.5, 0.6) is 5.75 Å². The number of hydrogen-bond donors (Lipinski definition) is 1. The highest BCUT2D eigenvalue weighted by Crippen LogP contribution is 2.22. The number of rotatable bonds is 7. The smallest absolute Gasteiger partial charge is 0.123 e. The quantitative estimate of drug-likeness (QED) is 0.843. The van der Waals surface area contributed by atoms with Gasteiger partial charge in [0.05, 0.1) is 24.7 Å². The number of imidazole rings is 1. The van der Waals surface area contributed by atoms with E-state index in [1.54, 1.807) is 7.11 Å². The van der Waals surface area contributed by atoms with Gasteiger partial charge >= 0.3 is 0 Å². The maximum atomic E-state index is 5.28. The molecule has 0 saturated carbocycles. The van der Waals surface area contributed by atoms with Crippen LogP contribution in [0, 0.1) is 5.92 Å². The van der Waals surface area contributed by atoms with Crippen molar-refractivity contribution >= 4 is 11.0 Å². The highest BCUT2D eigenvalue weighted by Gasteiger charge is 2.10. The van der Waals surface area contributed by atoms with Gasteiger partial charge in [-0.05, 0) is 31.0 Å². The molecule has 1 aromatic heterocycles. The van der Waals surface area contributed by atoms with E-state index in [0.717, 1.165) is 43.1 Å². The minimum atomic E-state index is 0.652. The Labute approximate surface area is 121 Å². The lowest BCUT2D eigenvalue weighted by Crippen LogP contribution is -2.21. The van der Waals surface area contributed by atoms with Crippen LogP contribution in [0.2, 0.25) is 0 Å². The van der Waals surface area contributed by atoms with Crippen LogP contribution in [0.25, 0.3) is 11.0 Å². The van der Waals surface area contributed by atoms with Gasteiger partial charge in [0, 0.05) is 12.6 Å². The number of fused-ring (bicyclic) bond motifs is 1. The third-order valence-corrected chi connectivity index (χ3v) is 3.32. The molecule has 0 unspecified atom stereocenters. The highest BCUT2D eigenvalue weighted by molar-refractivity contribution is 5.77. The topological polar surface area (TPSA) is 39.1 Å². The fraction of sp³-hybridized carbons (Fsp3) is 0.562. The number of benzene rings is 1. The first-order valence-electron chi connectivity index (χ1n) is 7.39. The Balaban J connectivity index is 2.29. The van der Waals surface area contributed by atoms with Crippen molar-refractivity contribution in [1.82, 2.24) is 14.9 Å². The molecule has 0 amide bonds. The summed E-state index contributed by atoms with van der Waals surface area (Å²) in [6, 6.07) is 6.11. The molecule has 2 rings (SSSR count). The zero-order valence-electron chi connectivity index (χ0n) is 12.9. The summed E-state index contributed by atoms with van der Waals surface area (Å²) >= 11 is 0. The fourth-order valence-corrected chi connectivity index (χ4v) is 2.37. The van der Waals surface area contributed by atoms with Gasteiger partial charge in [-0.15, -0.1) is 0 Å². The van der Waals surface area contributed by atoms with Crippen molar-refractivity contribution in [2.24, 2.45) is 5.92 Å². The normalized spacial score (nSPS) is 11.4. The summed E-state index contributed by atoms with van der Waals surface area (Å²) in [6.45, 7) is 9.45. The van der Waals surface area contributed by atoms with Gasteiger partial charge in [0.2, 0.25) is 0 Å².